The second kappa shape index (κ2) is 9.22. The number of carbonyl (C=O) groups is 2. The molecule has 0 aromatic heterocycles. The Morgan fingerprint density at radius 2 is 1.80 bits per heavy atom. The van der Waals surface area contributed by atoms with Gasteiger partial charge in [0.25, 0.3) is 5.91 Å². The van der Waals surface area contributed by atoms with Crippen molar-refractivity contribution < 1.29 is 14.3 Å². The minimum atomic E-state index is -0.385. The highest BCUT2D eigenvalue weighted by Gasteiger charge is 2.06. The smallest absolute Gasteiger partial charge is 0.277 e. The van der Waals surface area contributed by atoms with Crippen LogP contribution in [0.25, 0.3) is 0 Å². The summed E-state index contributed by atoms with van der Waals surface area (Å²) < 4.78 is 5.38. The Morgan fingerprint density at radius 1 is 1.04 bits per heavy atom. The number of amides is 2. The standard InChI is InChI=1S/C19H21N3O3/c1-14-7-6-10-17(11-14)25-13-19(24)22-21-15(2)12-18(23)20-16-8-4-3-5-9-16/h3-11H,12-13H2,1-2H3,(H,20,23)(H,22,24). The number of rotatable bonds is 7. The van der Waals surface area contributed by atoms with Crippen LogP contribution < -0.4 is 15.5 Å². The number of carbonyl (C=O) groups excluding carboxylic acids is 2. The predicted octanol–water partition coefficient (Wildman–Crippen LogP) is 2.89. The van der Waals surface area contributed by atoms with Crippen LogP contribution in [-0.2, 0) is 9.59 Å². The summed E-state index contributed by atoms with van der Waals surface area (Å²) in [5, 5.41) is 6.67. The molecule has 0 spiro atoms. The van der Waals surface area contributed by atoms with Gasteiger partial charge in [-0.25, -0.2) is 5.43 Å². The van der Waals surface area contributed by atoms with Crippen LogP contribution in [0.3, 0.4) is 0 Å². The Kier molecular flexibility index (Phi) is 6.71. The Balaban J connectivity index is 1.74. The Morgan fingerprint density at radius 3 is 2.52 bits per heavy atom. The monoisotopic (exact) mass is 339 g/mol. The molecule has 2 aromatic carbocycles. The van der Waals surface area contributed by atoms with Crippen molar-refractivity contribution in [3.8, 4) is 5.75 Å². The first-order valence-corrected chi connectivity index (χ1v) is 7.89. The van der Waals surface area contributed by atoms with E-state index in [1.54, 1.807) is 25.1 Å². The van der Waals surface area contributed by atoms with E-state index in [0.29, 0.717) is 11.5 Å². The SMILES string of the molecule is CC(CC(=O)Nc1ccccc1)=NNC(=O)COc1cccc(C)c1. The maximum absolute atomic E-state index is 11.9. The second-order valence-electron chi connectivity index (χ2n) is 5.58. The molecule has 0 atom stereocenters. The van der Waals surface area contributed by atoms with Crippen molar-refractivity contribution in [2.75, 3.05) is 11.9 Å². The van der Waals surface area contributed by atoms with E-state index in [-0.39, 0.29) is 24.8 Å². The van der Waals surface area contributed by atoms with Crippen LogP contribution in [0.1, 0.15) is 18.9 Å². The first-order valence-electron chi connectivity index (χ1n) is 7.89. The molecule has 2 amide bonds. The number of nitrogens with zero attached hydrogens (tertiary/aromatic N) is 1. The summed E-state index contributed by atoms with van der Waals surface area (Å²) in [6.45, 7) is 3.48. The highest BCUT2D eigenvalue weighted by Crippen LogP contribution is 2.11. The van der Waals surface area contributed by atoms with Crippen LogP contribution in [-0.4, -0.2) is 24.1 Å². The fourth-order valence-corrected chi connectivity index (χ4v) is 2.04. The van der Waals surface area contributed by atoms with Gasteiger partial charge in [0.1, 0.15) is 5.75 Å². The third-order valence-corrected chi connectivity index (χ3v) is 3.20. The molecule has 0 unspecified atom stereocenters. The molecule has 0 radical (unpaired) electrons. The molecule has 2 rings (SSSR count). The van der Waals surface area contributed by atoms with Crippen LogP contribution in [0.2, 0.25) is 0 Å². The van der Waals surface area contributed by atoms with Crippen LogP contribution in [0.5, 0.6) is 5.75 Å². The summed E-state index contributed by atoms with van der Waals surface area (Å²) in [6, 6.07) is 16.6. The second-order valence-corrected chi connectivity index (χ2v) is 5.58. The number of benzene rings is 2. The highest BCUT2D eigenvalue weighted by molar-refractivity contribution is 6.05. The molecule has 0 saturated carbocycles. The molecule has 0 aliphatic carbocycles. The van der Waals surface area contributed by atoms with E-state index >= 15 is 0 Å². The van der Waals surface area contributed by atoms with E-state index in [1.807, 2.05) is 43.3 Å². The lowest BCUT2D eigenvalue weighted by atomic mass is 10.2. The number of ether oxygens (including phenoxy) is 1. The van der Waals surface area contributed by atoms with Crippen molar-refractivity contribution in [3.63, 3.8) is 0 Å². The third-order valence-electron chi connectivity index (χ3n) is 3.20. The summed E-state index contributed by atoms with van der Waals surface area (Å²) >= 11 is 0. The van der Waals surface area contributed by atoms with Gasteiger partial charge in [-0.05, 0) is 43.7 Å². The summed E-state index contributed by atoms with van der Waals surface area (Å²) in [5.74, 6) is 0.0418. The topological polar surface area (TPSA) is 79.8 Å². The Labute approximate surface area is 146 Å². The van der Waals surface area contributed by atoms with Gasteiger partial charge in [-0.1, -0.05) is 30.3 Å². The lowest BCUT2D eigenvalue weighted by Gasteiger charge is -2.07. The lowest BCUT2D eigenvalue weighted by Crippen LogP contribution is -2.26. The van der Waals surface area contributed by atoms with Gasteiger partial charge in [0, 0.05) is 11.4 Å². The summed E-state index contributed by atoms with van der Waals surface area (Å²) in [4.78, 5) is 23.6. The first-order chi connectivity index (χ1) is 12.0. The maximum atomic E-state index is 11.9. The molecule has 0 heterocycles. The van der Waals surface area contributed by atoms with Crippen molar-refractivity contribution in [2.24, 2.45) is 5.10 Å². The number of aryl methyl sites for hydroxylation is 1. The number of hydrazone groups is 1. The Hall–Kier alpha value is -3.15. The van der Waals surface area contributed by atoms with Gasteiger partial charge in [-0.15, -0.1) is 0 Å². The highest BCUT2D eigenvalue weighted by atomic mass is 16.5. The van der Waals surface area contributed by atoms with E-state index in [4.69, 9.17) is 4.74 Å². The fraction of sp³-hybridized carbons (Fsp3) is 0.211. The van der Waals surface area contributed by atoms with E-state index < -0.39 is 0 Å². The summed E-state index contributed by atoms with van der Waals surface area (Å²) in [6.07, 6.45) is 0.0912. The van der Waals surface area contributed by atoms with Crippen molar-refractivity contribution in [1.82, 2.24) is 5.43 Å². The Bertz CT molecular complexity index is 758. The number of anilines is 1. The molecule has 0 aliphatic heterocycles. The molecule has 0 bridgehead atoms. The van der Waals surface area contributed by atoms with Gasteiger partial charge in [0.05, 0.1) is 6.42 Å². The lowest BCUT2D eigenvalue weighted by molar-refractivity contribution is -0.123. The van der Waals surface area contributed by atoms with Crippen molar-refractivity contribution in [1.29, 1.82) is 0 Å². The van der Waals surface area contributed by atoms with Crippen LogP contribution in [0, 0.1) is 6.92 Å². The molecule has 0 fully saturated rings. The largest absolute Gasteiger partial charge is 0.484 e. The van der Waals surface area contributed by atoms with Crippen LogP contribution >= 0.6 is 0 Å². The number of nitrogens with one attached hydrogen (secondary N) is 2. The number of hydrogen-bond acceptors (Lipinski definition) is 4. The maximum Gasteiger partial charge on any atom is 0.277 e. The molecule has 25 heavy (non-hydrogen) atoms. The minimum absolute atomic E-state index is 0.0912. The molecule has 2 N–H and O–H groups in total. The number of para-hydroxylation sites is 1. The molecular weight excluding hydrogens is 318 g/mol. The van der Waals surface area contributed by atoms with Crippen molar-refractivity contribution >= 4 is 23.2 Å². The van der Waals surface area contributed by atoms with E-state index in [9.17, 15) is 9.59 Å². The zero-order valence-electron chi connectivity index (χ0n) is 14.3. The van der Waals surface area contributed by atoms with Crippen molar-refractivity contribution in [2.45, 2.75) is 20.3 Å². The molecule has 130 valence electrons. The molecule has 0 saturated heterocycles. The summed E-state index contributed by atoms with van der Waals surface area (Å²) in [5.41, 5.74) is 4.65. The molecule has 0 aliphatic rings. The van der Waals surface area contributed by atoms with Gasteiger partial charge in [0.2, 0.25) is 5.91 Å². The fourth-order valence-electron chi connectivity index (χ4n) is 2.04. The number of hydrogen-bond donors (Lipinski definition) is 2. The van der Waals surface area contributed by atoms with Gasteiger partial charge < -0.3 is 10.1 Å². The predicted molar refractivity (Wildman–Crippen MR) is 97.6 cm³/mol. The molecule has 2 aromatic rings. The normalized spacial score (nSPS) is 10.9. The molecule has 6 nitrogen and oxygen atoms in total. The van der Waals surface area contributed by atoms with E-state index in [1.165, 1.54) is 0 Å². The van der Waals surface area contributed by atoms with Crippen LogP contribution in [0.15, 0.2) is 59.7 Å². The zero-order valence-corrected chi connectivity index (χ0v) is 14.3. The molecule has 6 heteroatoms. The van der Waals surface area contributed by atoms with Gasteiger partial charge in [0.15, 0.2) is 6.61 Å². The average Bonchev–Trinajstić information content (AvgIpc) is 2.59. The van der Waals surface area contributed by atoms with Gasteiger partial charge in [-0.3, -0.25) is 9.59 Å². The quantitative estimate of drug-likeness (QED) is 0.601. The zero-order chi connectivity index (χ0) is 18.1. The van der Waals surface area contributed by atoms with Crippen molar-refractivity contribution in [3.05, 3.63) is 60.2 Å². The third kappa shape index (κ3) is 6.87. The first kappa shape index (κ1) is 18.2. The van der Waals surface area contributed by atoms with Gasteiger partial charge >= 0.3 is 0 Å². The van der Waals surface area contributed by atoms with Crippen LogP contribution in [0.4, 0.5) is 5.69 Å². The average molecular weight is 339 g/mol. The van der Waals surface area contributed by atoms with E-state index in [0.717, 1.165) is 11.3 Å². The van der Waals surface area contributed by atoms with Gasteiger partial charge in [-0.2, -0.15) is 5.10 Å². The molecular formula is C19H21N3O3. The van der Waals surface area contributed by atoms with E-state index in [2.05, 4.69) is 15.8 Å². The summed E-state index contributed by atoms with van der Waals surface area (Å²) in [7, 11) is 0. The minimum Gasteiger partial charge on any atom is -0.484 e.